The summed E-state index contributed by atoms with van der Waals surface area (Å²) in [5.41, 5.74) is 0.855. The van der Waals surface area contributed by atoms with Crippen LogP contribution in [0, 0.1) is 13.8 Å². The molecule has 0 bridgehead atoms. The molecule has 0 unspecified atom stereocenters. The standard InChI is InChI=1S/C15H13Cl2NO3S/c1-8-6-10(9(2)22-8)15(20)21-7-13(19)18-12-5-3-4-11(16)14(12)17/h3-6H,7H2,1-2H3,(H,18,19). The number of amides is 1. The van der Waals surface area contributed by atoms with Crippen LogP contribution >= 0.6 is 34.5 Å². The first-order valence-electron chi connectivity index (χ1n) is 6.36. The molecule has 0 fully saturated rings. The summed E-state index contributed by atoms with van der Waals surface area (Å²) in [5, 5.41) is 3.13. The second-order valence-corrected chi connectivity index (χ2v) is 6.80. The van der Waals surface area contributed by atoms with Gasteiger partial charge in [-0.15, -0.1) is 11.3 Å². The van der Waals surface area contributed by atoms with E-state index in [0.29, 0.717) is 16.3 Å². The second kappa shape index (κ2) is 7.13. The first-order valence-corrected chi connectivity index (χ1v) is 7.93. The largest absolute Gasteiger partial charge is 0.452 e. The molecule has 1 amide bonds. The zero-order valence-corrected chi connectivity index (χ0v) is 14.2. The van der Waals surface area contributed by atoms with Gasteiger partial charge in [-0.25, -0.2) is 4.79 Å². The van der Waals surface area contributed by atoms with Crippen molar-refractivity contribution in [2.24, 2.45) is 0 Å². The molecule has 0 spiro atoms. The minimum Gasteiger partial charge on any atom is -0.452 e. The lowest BCUT2D eigenvalue weighted by Gasteiger charge is -2.08. The Morgan fingerprint density at radius 2 is 2.00 bits per heavy atom. The zero-order chi connectivity index (χ0) is 16.3. The Morgan fingerprint density at radius 1 is 1.27 bits per heavy atom. The fourth-order valence-electron chi connectivity index (χ4n) is 1.83. The number of nitrogens with one attached hydrogen (secondary N) is 1. The number of benzene rings is 1. The molecule has 1 N–H and O–H groups in total. The monoisotopic (exact) mass is 357 g/mol. The topological polar surface area (TPSA) is 55.4 Å². The van der Waals surface area contributed by atoms with Crippen LogP contribution in [0.5, 0.6) is 0 Å². The molecule has 0 aliphatic carbocycles. The summed E-state index contributed by atoms with van der Waals surface area (Å²) in [6, 6.07) is 6.63. The minimum absolute atomic E-state index is 0.244. The van der Waals surface area contributed by atoms with Crippen molar-refractivity contribution in [3.8, 4) is 0 Å². The van der Waals surface area contributed by atoms with Crippen LogP contribution in [0.4, 0.5) is 5.69 Å². The van der Waals surface area contributed by atoms with Gasteiger partial charge in [0.25, 0.3) is 5.91 Å². The van der Waals surface area contributed by atoms with Crippen LogP contribution in [0.3, 0.4) is 0 Å². The summed E-state index contributed by atoms with van der Waals surface area (Å²) in [6.45, 7) is 3.35. The molecular formula is C15H13Cl2NO3S. The highest BCUT2D eigenvalue weighted by Crippen LogP contribution is 2.29. The predicted molar refractivity (Wildman–Crippen MR) is 89.2 cm³/mol. The lowest BCUT2D eigenvalue weighted by atomic mass is 10.2. The number of hydrogen-bond donors (Lipinski definition) is 1. The van der Waals surface area contributed by atoms with E-state index in [4.69, 9.17) is 27.9 Å². The number of ether oxygens (including phenoxy) is 1. The first-order chi connectivity index (χ1) is 10.4. The Labute approximate surface area is 142 Å². The fraction of sp³-hybridized carbons (Fsp3) is 0.200. The minimum atomic E-state index is -0.519. The van der Waals surface area contributed by atoms with E-state index in [1.165, 1.54) is 11.3 Å². The molecular weight excluding hydrogens is 345 g/mol. The van der Waals surface area contributed by atoms with E-state index >= 15 is 0 Å². The Bertz CT molecular complexity index is 728. The normalized spacial score (nSPS) is 10.4. The second-order valence-electron chi connectivity index (χ2n) is 4.55. The zero-order valence-electron chi connectivity index (χ0n) is 11.9. The van der Waals surface area contributed by atoms with Crippen LogP contribution in [-0.4, -0.2) is 18.5 Å². The molecule has 2 aromatic rings. The van der Waals surface area contributed by atoms with Crippen molar-refractivity contribution in [1.82, 2.24) is 0 Å². The number of halogens is 2. The molecule has 1 heterocycles. The van der Waals surface area contributed by atoms with Crippen molar-refractivity contribution in [3.05, 3.63) is 49.6 Å². The van der Waals surface area contributed by atoms with Crippen LogP contribution in [0.15, 0.2) is 24.3 Å². The van der Waals surface area contributed by atoms with E-state index in [1.54, 1.807) is 24.3 Å². The lowest BCUT2D eigenvalue weighted by Crippen LogP contribution is -2.21. The van der Waals surface area contributed by atoms with Crippen molar-refractivity contribution < 1.29 is 14.3 Å². The third-order valence-corrected chi connectivity index (χ3v) is 4.61. The van der Waals surface area contributed by atoms with E-state index in [1.807, 2.05) is 13.8 Å². The molecule has 7 heteroatoms. The quantitative estimate of drug-likeness (QED) is 0.821. The maximum absolute atomic E-state index is 11.9. The molecule has 0 saturated carbocycles. The van der Waals surface area contributed by atoms with E-state index < -0.39 is 18.5 Å². The molecule has 2 rings (SSSR count). The van der Waals surface area contributed by atoms with Crippen molar-refractivity contribution in [1.29, 1.82) is 0 Å². The van der Waals surface area contributed by atoms with Gasteiger partial charge in [-0.2, -0.15) is 0 Å². The molecule has 22 heavy (non-hydrogen) atoms. The Morgan fingerprint density at radius 3 is 2.64 bits per heavy atom. The Balaban J connectivity index is 1.94. The van der Waals surface area contributed by atoms with E-state index in [2.05, 4.69) is 5.32 Å². The van der Waals surface area contributed by atoms with Crippen LogP contribution in [0.25, 0.3) is 0 Å². The number of carbonyl (C=O) groups is 2. The number of esters is 1. The van der Waals surface area contributed by atoms with Gasteiger partial charge in [0.05, 0.1) is 21.3 Å². The van der Waals surface area contributed by atoms with Crippen molar-refractivity contribution in [3.63, 3.8) is 0 Å². The van der Waals surface area contributed by atoms with Crippen LogP contribution in [-0.2, 0) is 9.53 Å². The SMILES string of the molecule is Cc1cc(C(=O)OCC(=O)Nc2cccc(Cl)c2Cl)c(C)s1. The summed E-state index contributed by atoms with van der Waals surface area (Å²) in [4.78, 5) is 25.6. The molecule has 0 aliphatic heterocycles. The molecule has 4 nitrogen and oxygen atoms in total. The maximum Gasteiger partial charge on any atom is 0.339 e. The smallest absolute Gasteiger partial charge is 0.339 e. The molecule has 0 radical (unpaired) electrons. The van der Waals surface area contributed by atoms with Crippen LogP contribution in [0.2, 0.25) is 10.0 Å². The molecule has 116 valence electrons. The van der Waals surface area contributed by atoms with Gasteiger partial charge in [0.2, 0.25) is 0 Å². The molecule has 0 aliphatic rings. The molecule has 1 aromatic carbocycles. The van der Waals surface area contributed by atoms with E-state index in [-0.39, 0.29) is 5.02 Å². The third-order valence-electron chi connectivity index (χ3n) is 2.82. The van der Waals surface area contributed by atoms with Gasteiger partial charge in [0.1, 0.15) is 0 Å². The van der Waals surface area contributed by atoms with Crippen LogP contribution < -0.4 is 5.32 Å². The van der Waals surface area contributed by atoms with Gasteiger partial charge in [-0.05, 0) is 32.0 Å². The van der Waals surface area contributed by atoms with Gasteiger partial charge < -0.3 is 10.1 Å². The van der Waals surface area contributed by atoms with Crippen LogP contribution in [0.1, 0.15) is 20.1 Å². The van der Waals surface area contributed by atoms with Crippen molar-refractivity contribution in [2.75, 3.05) is 11.9 Å². The number of hydrogen-bond acceptors (Lipinski definition) is 4. The van der Waals surface area contributed by atoms with Gasteiger partial charge in [-0.3, -0.25) is 4.79 Å². The van der Waals surface area contributed by atoms with E-state index in [9.17, 15) is 9.59 Å². The number of anilines is 1. The van der Waals surface area contributed by atoms with E-state index in [0.717, 1.165) is 9.75 Å². The Hall–Kier alpha value is -1.56. The highest BCUT2D eigenvalue weighted by atomic mass is 35.5. The van der Waals surface area contributed by atoms with Gasteiger partial charge in [0.15, 0.2) is 6.61 Å². The molecule has 0 saturated heterocycles. The summed E-state index contributed by atoms with van der Waals surface area (Å²) in [6.07, 6.45) is 0. The highest BCUT2D eigenvalue weighted by Gasteiger charge is 2.15. The average molecular weight is 358 g/mol. The van der Waals surface area contributed by atoms with Crippen molar-refractivity contribution in [2.45, 2.75) is 13.8 Å². The number of thiophene rings is 1. The number of carbonyl (C=O) groups excluding carboxylic acids is 2. The maximum atomic E-state index is 11.9. The average Bonchev–Trinajstić information content (AvgIpc) is 2.80. The number of aryl methyl sites for hydroxylation is 2. The van der Waals surface area contributed by atoms with Gasteiger partial charge in [0, 0.05) is 9.75 Å². The summed E-state index contributed by atoms with van der Waals surface area (Å²) in [5.74, 6) is -1.00. The Kier molecular flexibility index (Phi) is 5.45. The summed E-state index contributed by atoms with van der Waals surface area (Å²) < 4.78 is 5.01. The van der Waals surface area contributed by atoms with Crippen molar-refractivity contribution >= 4 is 52.1 Å². The molecule has 1 aromatic heterocycles. The third kappa shape index (κ3) is 4.00. The lowest BCUT2D eigenvalue weighted by molar-refractivity contribution is -0.119. The summed E-state index contributed by atoms with van der Waals surface area (Å²) in [7, 11) is 0. The molecule has 0 atom stereocenters. The highest BCUT2D eigenvalue weighted by molar-refractivity contribution is 7.12. The predicted octanol–water partition coefficient (Wildman–Crippen LogP) is 4.47. The fourth-order valence-corrected chi connectivity index (χ4v) is 3.09. The number of rotatable bonds is 4. The van der Waals surface area contributed by atoms with Gasteiger partial charge >= 0.3 is 5.97 Å². The first kappa shape index (κ1) is 16.8. The van der Waals surface area contributed by atoms with Gasteiger partial charge in [-0.1, -0.05) is 29.3 Å². The summed E-state index contributed by atoms with van der Waals surface area (Å²) >= 11 is 13.3.